The van der Waals surface area contributed by atoms with Gasteiger partial charge in [-0.25, -0.2) is 13.5 Å². The van der Waals surface area contributed by atoms with Crippen LogP contribution in [0.2, 0.25) is 0 Å². The van der Waals surface area contributed by atoms with E-state index in [9.17, 15) is 23.8 Å². The molecule has 11 nitrogen and oxygen atoms in total. The maximum Gasteiger partial charge on any atom is 0.219 e. The fraction of sp³-hybridized carbons (Fsp3) is 0.556. The van der Waals surface area contributed by atoms with E-state index in [-0.39, 0.29) is 35.1 Å². The fourth-order valence-corrected chi connectivity index (χ4v) is 5.62. The number of hydrogen-bond donors (Lipinski definition) is 2. The van der Waals surface area contributed by atoms with E-state index in [1.54, 1.807) is 6.92 Å². The molecule has 4 heterocycles. The summed E-state index contributed by atoms with van der Waals surface area (Å²) in [6.45, 7) is 3.87. The highest BCUT2D eigenvalue weighted by molar-refractivity contribution is 5.73. The molecule has 2 fully saturated rings. The second-order valence-corrected chi connectivity index (χ2v) is 10.4. The Bertz CT molecular complexity index is 1340. The van der Waals surface area contributed by atoms with Crippen molar-refractivity contribution in [3.05, 3.63) is 53.0 Å². The molecule has 1 amide bonds. The van der Waals surface area contributed by atoms with Gasteiger partial charge in [-0.2, -0.15) is 0 Å². The van der Waals surface area contributed by atoms with Crippen molar-refractivity contribution in [2.75, 3.05) is 26.8 Å². The molecule has 2 aliphatic rings. The monoisotopic (exact) mass is 561 g/mol. The number of ether oxygens (including phenoxy) is 2. The first-order valence-electron chi connectivity index (χ1n) is 13.3. The molecule has 5 rings (SSSR count). The zero-order chi connectivity index (χ0) is 28.6. The van der Waals surface area contributed by atoms with Gasteiger partial charge in [0.2, 0.25) is 5.91 Å². The summed E-state index contributed by atoms with van der Waals surface area (Å²) in [5, 5.41) is 33.3. The van der Waals surface area contributed by atoms with Crippen LogP contribution in [0.1, 0.15) is 48.7 Å². The molecule has 5 atom stereocenters. The average molecular weight is 562 g/mol. The van der Waals surface area contributed by atoms with Gasteiger partial charge in [0.05, 0.1) is 24.6 Å². The molecular formula is C27H33F2N5O6. The van der Waals surface area contributed by atoms with E-state index in [0.29, 0.717) is 18.8 Å². The topological polar surface area (TPSA) is 136 Å². The van der Waals surface area contributed by atoms with Crippen LogP contribution in [-0.2, 0) is 20.7 Å². The molecule has 0 spiro atoms. The van der Waals surface area contributed by atoms with Gasteiger partial charge in [-0.3, -0.25) is 4.79 Å². The summed E-state index contributed by atoms with van der Waals surface area (Å²) in [5.74, 6) is -1.08. The number of amides is 1. The van der Waals surface area contributed by atoms with Crippen LogP contribution in [0.3, 0.4) is 0 Å². The first-order chi connectivity index (χ1) is 19.2. The number of benzene rings is 1. The number of aryl methyl sites for hydroxylation is 1. The number of methoxy groups -OCH3 is 1. The lowest BCUT2D eigenvalue weighted by Crippen LogP contribution is -2.57. The number of carbonyl (C=O) groups excluding carboxylic acids is 1. The summed E-state index contributed by atoms with van der Waals surface area (Å²) in [6, 6.07) is 3.87. The zero-order valence-corrected chi connectivity index (χ0v) is 22.5. The summed E-state index contributed by atoms with van der Waals surface area (Å²) in [6.07, 6.45) is -0.408. The number of aliphatic hydroxyl groups excluding tert-OH is 2. The van der Waals surface area contributed by atoms with Gasteiger partial charge in [-0.1, -0.05) is 16.4 Å². The van der Waals surface area contributed by atoms with Crippen LogP contribution in [0.4, 0.5) is 8.78 Å². The summed E-state index contributed by atoms with van der Waals surface area (Å²) >= 11 is 0. The number of piperidine rings is 1. The SMILES string of the molecule is CO[C@@H]1[C@@H](n2cc(-c3ccc(C)c(F)c3F)nn2)[C@@H](O)[C@@H](CO)O[C@@H]1Cc1cc(C2CCN(C(C)=O)CC2)on1. The van der Waals surface area contributed by atoms with Gasteiger partial charge in [-0.15, -0.1) is 5.10 Å². The van der Waals surface area contributed by atoms with Gasteiger partial charge in [0.15, 0.2) is 11.6 Å². The number of hydrogen-bond acceptors (Lipinski definition) is 9. The smallest absolute Gasteiger partial charge is 0.219 e. The third-order valence-electron chi connectivity index (χ3n) is 7.93. The standard InChI is InChI=1S/C27H33F2N5O6/c1-14-4-5-18(24(29)23(14)28)19-12-34(32-30-19)25-26(37)22(13-35)39-21(27(25)38-3)11-17-10-20(40-31-17)16-6-8-33(9-7-16)15(2)36/h4-5,10,12,16,21-22,25-27,35,37H,6-9,11,13H2,1-3H3/t21-,22-,25+,26+,27+/m1/s1. The molecule has 0 radical (unpaired) electrons. The number of aromatic nitrogens is 4. The Morgan fingerprint density at radius 1 is 1.20 bits per heavy atom. The van der Waals surface area contributed by atoms with Crippen molar-refractivity contribution >= 4 is 5.91 Å². The second kappa shape index (κ2) is 11.7. The highest BCUT2D eigenvalue weighted by Crippen LogP contribution is 2.35. The maximum absolute atomic E-state index is 14.6. The Balaban J connectivity index is 1.36. The van der Waals surface area contributed by atoms with E-state index in [1.165, 1.54) is 37.0 Å². The molecule has 40 heavy (non-hydrogen) atoms. The van der Waals surface area contributed by atoms with Gasteiger partial charge in [-0.05, 0) is 31.4 Å². The van der Waals surface area contributed by atoms with Gasteiger partial charge in [0.1, 0.15) is 35.8 Å². The van der Waals surface area contributed by atoms with Crippen LogP contribution in [0.25, 0.3) is 11.3 Å². The first kappa shape index (κ1) is 28.3. The number of likely N-dealkylation sites (tertiary alicyclic amines) is 1. The highest BCUT2D eigenvalue weighted by atomic mass is 19.2. The fourth-order valence-electron chi connectivity index (χ4n) is 5.62. The van der Waals surface area contributed by atoms with Crippen LogP contribution in [-0.4, -0.2) is 92.4 Å². The molecule has 216 valence electrons. The molecule has 2 saturated heterocycles. The van der Waals surface area contributed by atoms with Crippen molar-refractivity contribution in [3.8, 4) is 11.3 Å². The van der Waals surface area contributed by atoms with E-state index in [4.69, 9.17) is 14.0 Å². The molecule has 0 saturated carbocycles. The van der Waals surface area contributed by atoms with Crippen LogP contribution >= 0.6 is 0 Å². The van der Waals surface area contributed by atoms with Gasteiger partial charge < -0.3 is 29.1 Å². The van der Waals surface area contributed by atoms with Crippen molar-refractivity contribution in [2.45, 2.75) is 69.5 Å². The van der Waals surface area contributed by atoms with Crippen molar-refractivity contribution in [1.82, 2.24) is 25.1 Å². The highest BCUT2D eigenvalue weighted by Gasteiger charge is 2.47. The van der Waals surface area contributed by atoms with Gasteiger partial charge in [0.25, 0.3) is 0 Å². The molecule has 1 aromatic carbocycles. The predicted molar refractivity (Wildman–Crippen MR) is 136 cm³/mol. The molecule has 2 aliphatic heterocycles. The third-order valence-corrected chi connectivity index (χ3v) is 7.93. The van der Waals surface area contributed by atoms with E-state index < -0.39 is 48.7 Å². The predicted octanol–water partition coefficient (Wildman–Crippen LogP) is 2.17. The lowest BCUT2D eigenvalue weighted by atomic mass is 9.89. The van der Waals surface area contributed by atoms with E-state index in [0.717, 1.165) is 18.6 Å². The van der Waals surface area contributed by atoms with Gasteiger partial charge >= 0.3 is 0 Å². The number of halogens is 2. The van der Waals surface area contributed by atoms with E-state index in [2.05, 4.69) is 15.5 Å². The van der Waals surface area contributed by atoms with Crippen LogP contribution in [0.5, 0.6) is 0 Å². The molecule has 13 heteroatoms. The number of aliphatic hydroxyl groups is 2. The van der Waals surface area contributed by atoms with Crippen molar-refractivity contribution in [3.63, 3.8) is 0 Å². The van der Waals surface area contributed by atoms with Gasteiger partial charge in [0, 0.05) is 51.1 Å². The van der Waals surface area contributed by atoms with Crippen molar-refractivity contribution in [1.29, 1.82) is 0 Å². The Morgan fingerprint density at radius 3 is 2.62 bits per heavy atom. The maximum atomic E-state index is 14.6. The molecule has 2 aromatic heterocycles. The number of rotatable bonds is 7. The zero-order valence-electron chi connectivity index (χ0n) is 22.5. The van der Waals surface area contributed by atoms with Crippen LogP contribution in [0.15, 0.2) is 28.9 Å². The minimum absolute atomic E-state index is 0.0580. The summed E-state index contributed by atoms with van der Waals surface area (Å²) in [4.78, 5) is 13.4. The number of nitrogens with zero attached hydrogens (tertiary/aromatic N) is 5. The molecule has 0 bridgehead atoms. The molecule has 2 N–H and O–H groups in total. The first-order valence-corrected chi connectivity index (χ1v) is 13.3. The average Bonchev–Trinajstić information content (AvgIpc) is 3.62. The second-order valence-electron chi connectivity index (χ2n) is 10.4. The lowest BCUT2D eigenvalue weighted by molar-refractivity contribution is -0.212. The normalized spacial score (nSPS) is 25.9. The minimum atomic E-state index is -1.24. The van der Waals surface area contributed by atoms with E-state index >= 15 is 0 Å². The Labute approximate surface area is 229 Å². The Morgan fingerprint density at radius 2 is 1.95 bits per heavy atom. The largest absolute Gasteiger partial charge is 0.394 e. The lowest BCUT2D eigenvalue weighted by Gasteiger charge is -2.43. The Kier molecular flexibility index (Phi) is 8.26. The summed E-state index contributed by atoms with van der Waals surface area (Å²) in [5.41, 5.74) is 0.793. The Hall–Kier alpha value is -3.26. The molecule has 0 aliphatic carbocycles. The van der Waals surface area contributed by atoms with Crippen molar-refractivity contribution in [2.24, 2.45) is 0 Å². The van der Waals surface area contributed by atoms with Crippen molar-refractivity contribution < 1.29 is 37.8 Å². The minimum Gasteiger partial charge on any atom is -0.394 e. The molecule has 3 aromatic rings. The molecule has 0 unspecified atom stereocenters. The van der Waals surface area contributed by atoms with Crippen LogP contribution < -0.4 is 0 Å². The summed E-state index contributed by atoms with van der Waals surface area (Å²) < 4.78 is 47.5. The molecular weight excluding hydrogens is 528 g/mol. The quantitative estimate of drug-likeness (QED) is 0.445. The number of carbonyl (C=O) groups is 1. The third kappa shape index (κ3) is 5.38. The summed E-state index contributed by atoms with van der Waals surface area (Å²) in [7, 11) is 1.46. The van der Waals surface area contributed by atoms with Crippen LogP contribution in [0, 0.1) is 18.6 Å². The van der Waals surface area contributed by atoms with E-state index in [1.807, 2.05) is 11.0 Å².